The number of ether oxygens (including phenoxy) is 2. The van der Waals surface area contributed by atoms with Crippen molar-refractivity contribution in [2.45, 2.75) is 37.6 Å². The number of carbonyl (C=O) groups is 2. The first-order valence-corrected chi connectivity index (χ1v) is 8.37. The number of fused-ring (bicyclic) bond motifs is 1. The van der Waals surface area contributed by atoms with E-state index >= 15 is 0 Å². The summed E-state index contributed by atoms with van der Waals surface area (Å²) < 4.78 is 10.5. The third-order valence-corrected chi connectivity index (χ3v) is 4.94. The average Bonchev–Trinajstić information content (AvgIpc) is 2.61. The number of rotatable bonds is 4. The molecule has 2 atom stereocenters. The van der Waals surface area contributed by atoms with Crippen molar-refractivity contribution in [3.05, 3.63) is 29.3 Å². The molecule has 0 bridgehead atoms. The molecule has 0 saturated carbocycles. The second kappa shape index (κ2) is 7.21. The van der Waals surface area contributed by atoms with Crippen LogP contribution in [0.2, 0.25) is 0 Å². The Morgan fingerprint density at radius 3 is 3.00 bits per heavy atom. The Morgan fingerprint density at radius 2 is 2.25 bits per heavy atom. The molecular weight excluding hydrogens is 310 g/mol. The molecule has 1 aliphatic heterocycles. The maximum Gasteiger partial charge on any atom is 0.328 e. The summed E-state index contributed by atoms with van der Waals surface area (Å²) in [5, 5.41) is 9.29. The highest BCUT2D eigenvalue weighted by molar-refractivity contribution is 5.84. The van der Waals surface area contributed by atoms with Crippen LogP contribution in [0, 0.1) is 0 Å². The van der Waals surface area contributed by atoms with Gasteiger partial charge in [-0.1, -0.05) is 6.07 Å². The molecular formula is C18H23NO5. The summed E-state index contributed by atoms with van der Waals surface area (Å²) in [6, 6.07) is 5.14. The SMILES string of the molecule is COc1ccc2c(c1)CCC[C@H]2CC(=O)N1CCOC[C@@H]1C(=O)O. The van der Waals surface area contributed by atoms with Crippen molar-refractivity contribution in [1.29, 1.82) is 0 Å². The lowest BCUT2D eigenvalue weighted by molar-refractivity contribution is -0.158. The first kappa shape index (κ1) is 16.8. The van der Waals surface area contributed by atoms with E-state index in [2.05, 4.69) is 0 Å². The molecule has 6 heteroatoms. The first-order valence-electron chi connectivity index (χ1n) is 8.37. The van der Waals surface area contributed by atoms with Crippen LogP contribution in [-0.2, 0) is 20.7 Å². The zero-order chi connectivity index (χ0) is 17.1. The molecule has 0 unspecified atom stereocenters. The Balaban J connectivity index is 1.74. The molecule has 1 N–H and O–H groups in total. The van der Waals surface area contributed by atoms with E-state index in [-0.39, 0.29) is 18.4 Å². The third kappa shape index (κ3) is 3.38. The van der Waals surface area contributed by atoms with Crippen LogP contribution in [0.15, 0.2) is 18.2 Å². The highest BCUT2D eigenvalue weighted by atomic mass is 16.5. The largest absolute Gasteiger partial charge is 0.497 e. The van der Waals surface area contributed by atoms with Crippen molar-refractivity contribution < 1.29 is 24.2 Å². The van der Waals surface area contributed by atoms with Gasteiger partial charge in [-0.25, -0.2) is 4.79 Å². The van der Waals surface area contributed by atoms with Gasteiger partial charge in [-0.3, -0.25) is 4.79 Å². The quantitative estimate of drug-likeness (QED) is 0.909. The van der Waals surface area contributed by atoms with Gasteiger partial charge in [-0.2, -0.15) is 0 Å². The van der Waals surface area contributed by atoms with Crippen LogP contribution in [0.3, 0.4) is 0 Å². The molecule has 130 valence electrons. The van der Waals surface area contributed by atoms with Gasteiger partial charge < -0.3 is 19.5 Å². The number of carbonyl (C=O) groups excluding carboxylic acids is 1. The first-order chi connectivity index (χ1) is 11.6. The monoisotopic (exact) mass is 333 g/mol. The van der Waals surface area contributed by atoms with Crippen molar-refractivity contribution in [2.24, 2.45) is 0 Å². The Kier molecular flexibility index (Phi) is 5.04. The van der Waals surface area contributed by atoms with E-state index in [0.717, 1.165) is 25.0 Å². The summed E-state index contributed by atoms with van der Waals surface area (Å²) in [5.74, 6) is -0.125. The van der Waals surface area contributed by atoms with E-state index in [1.807, 2.05) is 18.2 Å². The molecule has 0 aromatic heterocycles. The zero-order valence-corrected chi connectivity index (χ0v) is 13.9. The molecule has 0 spiro atoms. The Bertz CT molecular complexity index is 630. The Hall–Kier alpha value is -2.08. The van der Waals surface area contributed by atoms with Crippen LogP contribution < -0.4 is 4.74 Å². The molecule has 6 nitrogen and oxygen atoms in total. The number of hydrogen-bond donors (Lipinski definition) is 1. The molecule has 1 heterocycles. The summed E-state index contributed by atoms with van der Waals surface area (Å²) in [6.45, 7) is 0.811. The molecule has 1 amide bonds. The number of aryl methyl sites for hydroxylation is 1. The summed E-state index contributed by atoms with van der Waals surface area (Å²) in [4.78, 5) is 25.5. The van der Waals surface area contributed by atoms with Crippen LogP contribution in [0.25, 0.3) is 0 Å². The number of carboxylic acid groups (broad SMARTS) is 1. The van der Waals surface area contributed by atoms with Gasteiger partial charge in [-0.05, 0) is 48.4 Å². The van der Waals surface area contributed by atoms with Crippen LogP contribution in [0.5, 0.6) is 5.75 Å². The second-order valence-electron chi connectivity index (χ2n) is 6.37. The lowest BCUT2D eigenvalue weighted by atomic mass is 9.80. The van der Waals surface area contributed by atoms with Crippen molar-refractivity contribution in [3.8, 4) is 5.75 Å². The van der Waals surface area contributed by atoms with Gasteiger partial charge in [-0.15, -0.1) is 0 Å². The van der Waals surface area contributed by atoms with Crippen molar-refractivity contribution in [2.75, 3.05) is 26.9 Å². The van der Waals surface area contributed by atoms with Crippen molar-refractivity contribution >= 4 is 11.9 Å². The number of aliphatic carboxylic acids is 1. The van der Waals surface area contributed by atoms with Gasteiger partial charge in [0.1, 0.15) is 5.75 Å². The minimum Gasteiger partial charge on any atom is -0.497 e. The maximum absolute atomic E-state index is 12.7. The van der Waals surface area contributed by atoms with Gasteiger partial charge >= 0.3 is 5.97 Å². The second-order valence-corrected chi connectivity index (χ2v) is 6.37. The normalized spacial score (nSPS) is 23.5. The highest BCUT2D eigenvalue weighted by Gasteiger charge is 2.34. The molecule has 2 aliphatic rings. The van der Waals surface area contributed by atoms with Gasteiger partial charge in [0.25, 0.3) is 0 Å². The van der Waals surface area contributed by atoms with E-state index < -0.39 is 12.0 Å². The lowest BCUT2D eigenvalue weighted by Gasteiger charge is -2.34. The average molecular weight is 333 g/mol. The van der Waals surface area contributed by atoms with Crippen molar-refractivity contribution in [1.82, 2.24) is 4.90 Å². The molecule has 24 heavy (non-hydrogen) atoms. The van der Waals surface area contributed by atoms with Crippen molar-refractivity contribution in [3.63, 3.8) is 0 Å². The third-order valence-electron chi connectivity index (χ3n) is 4.94. The predicted octanol–water partition coefficient (Wildman–Crippen LogP) is 1.82. The predicted molar refractivity (Wildman–Crippen MR) is 87.2 cm³/mol. The number of carboxylic acids is 1. The highest BCUT2D eigenvalue weighted by Crippen LogP contribution is 2.36. The molecule has 1 fully saturated rings. The van der Waals surface area contributed by atoms with Crippen LogP contribution in [0.1, 0.15) is 36.3 Å². The number of amides is 1. The summed E-state index contributed by atoms with van der Waals surface area (Å²) in [7, 11) is 1.65. The number of benzene rings is 1. The summed E-state index contributed by atoms with van der Waals surface area (Å²) in [5.41, 5.74) is 2.42. The zero-order valence-electron chi connectivity index (χ0n) is 13.9. The fourth-order valence-corrected chi connectivity index (χ4v) is 3.67. The minimum atomic E-state index is -1.00. The summed E-state index contributed by atoms with van der Waals surface area (Å²) in [6.07, 6.45) is 3.33. The minimum absolute atomic E-state index is 0.0690. The van der Waals surface area contributed by atoms with E-state index in [9.17, 15) is 14.7 Å². The number of nitrogens with zero attached hydrogens (tertiary/aromatic N) is 1. The van der Waals surface area contributed by atoms with E-state index in [4.69, 9.17) is 9.47 Å². The topological polar surface area (TPSA) is 76.1 Å². The van der Waals surface area contributed by atoms with Gasteiger partial charge in [0.2, 0.25) is 5.91 Å². The van der Waals surface area contributed by atoms with Gasteiger partial charge in [0.05, 0.1) is 20.3 Å². The molecule has 1 aromatic rings. The van der Waals surface area contributed by atoms with E-state index in [0.29, 0.717) is 19.6 Å². The number of methoxy groups -OCH3 is 1. The molecule has 1 saturated heterocycles. The van der Waals surface area contributed by atoms with Gasteiger partial charge in [0, 0.05) is 13.0 Å². The Labute approximate surface area is 141 Å². The van der Waals surface area contributed by atoms with Crippen LogP contribution in [0.4, 0.5) is 0 Å². The fourth-order valence-electron chi connectivity index (χ4n) is 3.67. The molecule has 1 aliphatic carbocycles. The van der Waals surface area contributed by atoms with Gasteiger partial charge in [0.15, 0.2) is 6.04 Å². The Morgan fingerprint density at radius 1 is 1.42 bits per heavy atom. The smallest absolute Gasteiger partial charge is 0.328 e. The summed E-state index contributed by atoms with van der Waals surface area (Å²) >= 11 is 0. The number of hydrogen-bond acceptors (Lipinski definition) is 4. The number of morpholine rings is 1. The lowest BCUT2D eigenvalue weighted by Crippen LogP contribution is -2.52. The molecule has 1 aromatic carbocycles. The molecule has 0 radical (unpaired) electrons. The fraction of sp³-hybridized carbons (Fsp3) is 0.556. The van der Waals surface area contributed by atoms with Crippen LogP contribution >= 0.6 is 0 Å². The van der Waals surface area contributed by atoms with E-state index in [1.165, 1.54) is 16.0 Å². The van der Waals surface area contributed by atoms with E-state index in [1.54, 1.807) is 7.11 Å². The maximum atomic E-state index is 12.7. The molecule has 3 rings (SSSR count). The standard InChI is InChI=1S/C18H23NO5/c1-23-14-5-6-15-12(9-14)3-2-4-13(15)10-17(20)19-7-8-24-11-16(19)18(21)22/h5-6,9,13,16H,2-4,7-8,10-11H2,1H3,(H,21,22)/t13-,16+/m0/s1. The van der Waals surface area contributed by atoms with Crippen LogP contribution in [-0.4, -0.2) is 54.8 Å².